The Morgan fingerprint density at radius 1 is 1.13 bits per heavy atom. The Hall–Kier alpha value is -3.25. The number of alkyl carbamates (subject to hydrolysis) is 1. The summed E-state index contributed by atoms with van der Waals surface area (Å²) in [5, 5.41) is 4.51. The zero-order chi connectivity index (χ0) is 28.1. The highest BCUT2D eigenvalue weighted by Gasteiger charge is 2.58. The largest absolute Gasteiger partial charge is 0.493 e. The van der Waals surface area contributed by atoms with Crippen molar-refractivity contribution in [3.8, 4) is 5.75 Å². The number of sulfone groups is 1. The molecule has 0 radical (unpaired) electrons. The second-order valence-corrected chi connectivity index (χ2v) is 13.9. The van der Waals surface area contributed by atoms with E-state index in [0.29, 0.717) is 17.0 Å². The quantitative estimate of drug-likeness (QED) is 0.559. The lowest BCUT2D eigenvalue weighted by Gasteiger charge is -2.44. The van der Waals surface area contributed by atoms with Crippen molar-refractivity contribution in [2.45, 2.75) is 69.1 Å². The van der Waals surface area contributed by atoms with Crippen molar-refractivity contribution >= 4 is 45.0 Å². The number of hydrogen-bond acceptors (Lipinski definition) is 9. The summed E-state index contributed by atoms with van der Waals surface area (Å²) in [6, 6.07) is 4.90. The lowest BCUT2D eigenvalue weighted by Crippen LogP contribution is -2.61. The number of aliphatic imine (C=N–C) groups is 1. The number of nitrogens with one attached hydrogen (secondary N) is 2. The molecule has 4 rings (SSSR count). The first kappa shape index (κ1) is 27.8. The summed E-state index contributed by atoms with van der Waals surface area (Å²) in [5.41, 5.74) is -1.27. The van der Waals surface area contributed by atoms with Crippen molar-refractivity contribution in [2.75, 3.05) is 11.9 Å². The van der Waals surface area contributed by atoms with Gasteiger partial charge in [0.05, 0.1) is 24.3 Å². The topological polar surface area (TPSA) is 149 Å². The zero-order valence-corrected chi connectivity index (χ0v) is 23.5. The number of ether oxygens (including phenoxy) is 2. The number of rotatable bonds is 2. The fraction of sp³-hybridized carbons (Fsp3) is 0.480. The van der Waals surface area contributed by atoms with Crippen LogP contribution in [0.3, 0.4) is 0 Å². The lowest BCUT2D eigenvalue weighted by atomic mass is 9.86. The molecule has 1 aromatic carbocycles. The van der Waals surface area contributed by atoms with E-state index in [1.165, 1.54) is 26.2 Å². The molecular formula is C25H30ClN5O6S. The minimum Gasteiger partial charge on any atom is -0.493 e. The first-order valence-corrected chi connectivity index (χ1v) is 13.9. The van der Waals surface area contributed by atoms with E-state index in [-0.39, 0.29) is 29.7 Å². The Labute approximate surface area is 226 Å². The first-order chi connectivity index (χ1) is 17.5. The highest BCUT2D eigenvalue weighted by atomic mass is 35.5. The fourth-order valence-electron chi connectivity index (χ4n) is 4.51. The molecule has 3 heterocycles. The number of amides is 2. The SMILES string of the molecule is CC(C)(C)OC(=O)NC1=N[C@]2(C)c3cc(NC(=O)c4cnc(Cl)cn4)ccc3OCC[C@H]2S(=O)(=O)C1(C)C. The molecule has 0 bridgehead atoms. The van der Waals surface area contributed by atoms with Crippen LogP contribution in [0.2, 0.25) is 5.15 Å². The van der Waals surface area contributed by atoms with E-state index in [1.807, 2.05) is 0 Å². The van der Waals surface area contributed by atoms with Crippen LogP contribution in [0.1, 0.15) is 64.0 Å². The number of carbonyl (C=O) groups is 2. The maximum Gasteiger partial charge on any atom is 0.413 e. The zero-order valence-electron chi connectivity index (χ0n) is 22.0. The maximum atomic E-state index is 14.0. The van der Waals surface area contributed by atoms with Crippen molar-refractivity contribution in [1.29, 1.82) is 0 Å². The van der Waals surface area contributed by atoms with Gasteiger partial charge in [-0.05, 0) is 59.7 Å². The number of halogens is 1. The number of benzene rings is 1. The molecule has 0 aliphatic carbocycles. The molecule has 204 valence electrons. The normalized spacial score (nSPS) is 23.4. The molecule has 2 aromatic rings. The smallest absolute Gasteiger partial charge is 0.413 e. The second kappa shape index (κ2) is 9.49. The fourth-order valence-corrected chi connectivity index (χ4v) is 6.88. The third kappa shape index (κ3) is 5.06. The Morgan fingerprint density at radius 2 is 1.84 bits per heavy atom. The molecule has 2 aliphatic heterocycles. The van der Waals surface area contributed by atoms with E-state index < -0.39 is 43.0 Å². The van der Waals surface area contributed by atoms with Crippen molar-refractivity contribution < 1.29 is 27.5 Å². The van der Waals surface area contributed by atoms with Gasteiger partial charge < -0.3 is 14.8 Å². The number of amidine groups is 1. The Bertz CT molecular complexity index is 1420. The van der Waals surface area contributed by atoms with Crippen molar-refractivity contribution in [3.63, 3.8) is 0 Å². The van der Waals surface area contributed by atoms with Crippen molar-refractivity contribution in [3.05, 3.63) is 47.0 Å². The molecule has 11 nitrogen and oxygen atoms in total. The van der Waals surface area contributed by atoms with Gasteiger partial charge in [-0.3, -0.25) is 15.1 Å². The number of hydrogen-bond donors (Lipinski definition) is 2. The van der Waals surface area contributed by atoms with E-state index in [1.54, 1.807) is 45.9 Å². The van der Waals surface area contributed by atoms with Crippen LogP contribution in [0.25, 0.3) is 0 Å². The lowest BCUT2D eigenvalue weighted by molar-refractivity contribution is 0.0560. The number of fused-ring (bicyclic) bond motifs is 3. The molecule has 0 saturated carbocycles. The number of anilines is 1. The molecule has 2 atom stereocenters. The van der Waals surface area contributed by atoms with Crippen LogP contribution in [0.4, 0.5) is 10.5 Å². The summed E-state index contributed by atoms with van der Waals surface area (Å²) in [6.07, 6.45) is 1.88. The predicted molar refractivity (Wildman–Crippen MR) is 142 cm³/mol. The molecule has 38 heavy (non-hydrogen) atoms. The van der Waals surface area contributed by atoms with Crippen LogP contribution in [-0.4, -0.2) is 58.4 Å². The molecule has 0 saturated heterocycles. The van der Waals surface area contributed by atoms with Gasteiger partial charge in [0.15, 0.2) is 9.84 Å². The van der Waals surface area contributed by atoms with E-state index in [0.717, 1.165) is 0 Å². The van der Waals surface area contributed by atoms with E-state index in [4.69, 9.17) is 26.1 Å². The Morgan fingerprint density at radius 3 is 2.47 bits per heavy atom. The van der Waals surface area contributed by atoms with Gasteiger partial charge in [0, 0.05) is 17.7 Å². The van der Waals surface area contributed by atoms with Crippen LogP contribution >= 0.6 is 11.6 Å². The number of nitrogens with zero attached hydrogens (tertiary/aromatic N) is 3. The molecule has 2 N–H and O–H groups in total. The van der Waals surface area contributed by atoms with Gasteiger partial charge in [0.1, 0.15) is 38.3 Å². The molecule has 1 aromatic heterocycles. The average molecular weight is 564 g/mol. The van der Waals surface area contributed by atoms with E-state index in [2.05, 4.69) is 20.6 Å². The molecule has 2 amide bonds. The van der Waals surface area contributed by atoms with Gasteiger partial charge in [0.25, 0.3) is 5.91 Å². The molecule has 0 unspecified atom stereocenters. The third-order valence-electron chi connectivity index (χ3n) is 6.52. The van der Waals surface area contributed by atoms with Crippen LogP contribution in [-0.2, 0) is 20.1 Å². The van der Waals surface area contributed by atoms with E-state index in [9.17, 15) is 18.0 Å². The summed E-state index contributed by atoms with van der Waals surface area (Å²) in [5.74, 6) is -0.141. The summed E-state index contributed by atoms with van der Waals surface area (Å²) < 4.78 is 37.7. The highest BCUT2D eigenvalue weighted by molar-refractivity contribution is 7.94. The Kier molecular flexibility index (Phi) is 6.94. The summed E-state index contributed by atoms with van der Waals surface area (Å²) in [7, 11) is -3.91. The Balaban J connectivity index is 1.78. The second-order valence-electron chi connectivity index (χ2n) is 10.8. The van der Waals surface area contributed by atoms with Gasteiger partial charge in [-0.1, -0.05) is 11.6 Å². The van der Waals surface area contributed by atoms with Gasteiger partial charge >= 0.3 is 6.09 Å². The highest BCUT2D eigenvalue weighted by Crippen LogP contribution is 2.48. The molecule has 13 heteroatoms. The molecule has 0 fully saturated rings. The number of aromatic nitrogens is 2. The van der Waals surface area contributed by atoms with Crippen LogP contribution < -0.4 is 15.4 Å². The van der Waals surface area contributed by atoms with Gasteiger partial charge in [-0.25, -0.2) is 23.2 Å². The average Bonchev–Trinajstić information content (AvgIpc) is 2.94. The van der Waals surface area contributed by atoms with Gasteiger partial charge in [0.2, 0.25) is 0 Å². The minimum atomic E-state index is -3.91. The third-order valence-corrected chi connectivity index (χ3v) is 9.77. The number of carbonyl (C=O) groups excluding carboxylic acids is 2. The molecule has 0 spiro atoms. The van der Waals surface area contributed by atoms with Crippen molar-refractivity contribution in [2.24, 2.45) is 4.99 Å². The van der Waals surface area contributed by atoms with Crippen LogP contribution in [0, 0.1) is 0 Å². The maximum absolute atomic E-state index is 14.0. The minimum absolute atomic E-state index is 0.0378. The summed E-state index contributed by atoms with van der Waals surface area (Å²) in [6.45, 7) is 9.98. The first-order valence-electron chi connectivity index (χ1n) is 11.9. The van der Waals surface area contributed by atoms with Gasteiger partial charge in [-0.2, -0.15) is 0 Å². The van der Waals surface area contributed by atoms with Crippen molar-refractivity contribution in [1.82, 2.24) is 15.3 Å². The predicted octanol–water partition coefficient (Wildman–Crippen LogP) is 3.88. The molecular weight excluding hydrogens is 534 g/mol. The van der Waals surface area contributed by atoms with Crippen LogP contribution in [0.5, 0.6) is 5.75 Å². The van der Waals surface area contributed by atoms with E-state index >= 15 is 0 Å². The molecule has 2 aliphatic rings. The van der Waals surface area contributed by atoms with Crippen LogP contribution in [0.15, 0.2) is 35.6 Å². The monoisotopic (exact) mass is 563 g/mol. The summed E-state index contributed by atoms with van der Waals surface area (Å²) in [4.78, 5) is 38.0. The summed E-state index contributed by atoms with van der Waals surface area (Å²) >= 11 is 5.75. The van der Waals surface area contributed by atoms with Gasteiger partial charge in [-0.15, -0.1) is 0 Å². The standard InChI is InChI=1S/C25H30ClN5O6S/c1-23(2,3)37-22(33)30-21-24(4,5)38(34,35)18-9-10-36-17-8-7-14(11-15(17)25(18,6)31-21)29-20(32)16-12-28-19(26)13-27-16/h7-8,11-13,18H,9-10H2,1-6H3,(H,29,32)(H,30,31,33)/t18-,25-/m1/s1.